The number of aromatic nitrogens is 1. The molecule has 0 spiro atoms. The van der Waals surface area contributed by atoms with Crippen molar-refractivity contribution < 1.29 is 22.3 Å². The van der Waals surface area contributed by atoms with E-state index in [1.807, 2.05) is 12.1 Å². The van der Waals surface area contributed by atoms with Gasteiger partial charge in [-0.15, -0.1) is 0 Å². The summed E-state index contributed by atoms with van der Waals surface area (Å²) in [6.45, 7) is 0.194. The molecule has 7 heteroatoms. The summed E-state index contributed by atoms with van der Waals surface area (Å²) in [6, 6.07) is 12.8. The first-order chi connectivity index (χ1) is 13.9. The average Bonchev–Trinajstić information content (AvgIpc) is 3.15. The Kier molecular flexibility index (Phi) is 3.81. The Balaban J connectivity index is 1.92. The van der Waals surface area contributed by atoms with E-state index in [9.17, 15) is 18.0 Å². The predicted octanol–water partition coefficient (Wildman–Crippen LogP) is 5.09. The van der Waals surface area contributed by atoms with Crippen LogP contribution in [0.25, 0.3) is 16.6 Å². The van der Waals surface area contributed by atoms with Crippen molar-refractivity contribution in [2.45, 2.75) is 19.2 Å². The van der Waals surface area contributed by atoms with Crippen LogP contribution in [0.4, 0.5) is 13.2 Å². The van der Waals surface area contributed by atoms with Crippen molar-refractivity contribution in [3.63, 3.8) is 0 Å². The first-order valence-corrected chi connectivity index (χ1v) is 8.95. The van der Waals surface area contributed by atoms with Crippen LogP contribution >= 0.6 is 0 Å². The number of ether oxygens (including phenoxy) is 1. The lowest BCUT2D eigenvalue weighted by Gasteiger charge is -2.17. The van der Waals surface area contributed by atoms with Gasteiger partial charge in [0.2, 0.25) is 0 Å². The van der Waals surface area contributed by atoms with E-state index in [0.29, 0.717) is 11.4 Å². The highest BCUT2D eigenvalue weighted by Crippen LogP contribution is 2.39. The van der Waals surface area contributed by atoms with Crippen molar-refractivity contribution >= 4 is 10.9 Å². The van der Waals surface area contributed by atoms with E-state index in [-0.39, 0.29) is 29.9 Å². The van der Waals surface area contributed by atoms with E-state index < -0.39 is 22.6 Å². The SMILES string of the molecule is O=c1c(Cc2ccco2)cn2c3c(ccc(C(F)(F)F)c13)OCc1ccccc1-2. The van der Waals surface area contributed by atoms with Gasteiger partial charge in [0.15, 0.2) is 5.43 Å². The molecular weight excluding hydrogens is 383 g/mol. The van der Waals surface area contributed by atoms with Gasteiger partial charge in [0.25, 0.3) is 0 Å². The van der Waals surface area contributed by atoms with E-state index in [2.05, 4.69) is 0 Å². The molecule has 0 fully saturated rings. The van der Waals surface area contributed by atoms with Gasteiger partial charge in [-0.3, -0.25) is 4.79 Å². The minimum absolute atomic E-state index is 0.0896. The van der Waals surface area contributed by atoms with Crippen LogP contribution in [0.15, 0.2) is 70.2 Å². The zero-order valence-electron chi connectivity index (χ0n) is 15.0. The van der Waals surface area contributed by atoms with Crippen molar-refractivity contribution in [3.8, 4) is 11.4 Å². The van der Waals surface area contributed by atoms with Crippen LogP contribution in [0.1, 0.15) is 22.5 Å². The molecule has 0 bridgehead atoms. The third kappa shape index (κ3) is 2.81. The van der Waals surface area contributed by atoms with Crippen LogP contribution in [-0.4, -0.2) is 4.57 Å². The minimum Gasteiger partial charge on any atom is -0.487 e. The molecule has 4 nitrogen and oxygen atoms in total. The number of rotatable bonds is 2. The van der Waals surface area contributed by atoms with E-state index >= 15 is 0 Å². The number of nitrogens with zero attached hydrogens (tertiary/aromatic N) is 1. The largest absolute Gasteiger partial charge is 0.487 e. The number of halogens is 3. The van der Waals surface area contributed by atoms with E-state index in [0.717, 1.165) is 11.6 Å². The second kappa shape index (κ2) is 6.27. The van der Waals surface area contributed by atoms with Gasteiger partial charge in [0, 0.05) is 23.7 Å². The molecular formula is C22H14F3NO3. The summed E-state index contributed by atoms with van der Waals surface area (Å²) in [5.41, 5.74) is 0.177. The molecule has 146 valence electrons. The summed E-state index contributed by atoms with van der Waals surface area (Å²) in [4.78, 5) is 13.2. The van der Waals surface area contributed by atoms with Crippen LogP contribution in [-0.2, 0) is 19.2 Å². The third-order valence-electron chi connectivity index (χ3n) is 5.07. The number of benzene rings is 2. The van der Waals surface area contributed by atoms with Crippen molar-refractivity contribution in [3.05, 3.63) is 93.7 Å². The molecule has 0 unspecified atom stereocenters. The van der Waals surface area contributed by atoms with Gasteiger partial charge in [-0.2, -0.15) is 13.2 Å². The number of hydrogen-bond donors (Lipinski definition) is 0. The normalized spacial score (nSPS) is 13.1. The summed E-state index contributed by atoms with van der Waals surface area (Å²) < 4.78 is 54.1. The highest BCUT2D eigenvalue weighted by Gasteiger charge is 2.36. The fourth-order valence-electron chi connectivity index (χ4n) is 3.77. The third-order valence-corrected chi connectivity index (χ3v) is 5.07. The molecule has 1 aliphatic heterocycles. The molecule has 0 amide bonds. The summed E-state index contributed by atoms with van der Waals surface area (Å²) in [5.74, 6) is 0.739. The predicted molar refractivity (Wildman–Crippen MR) is 100 cm³/mol. The second-order valence-corrected chi connectivity index (χ2v) is 6.86. The lowest BCUT2D eigenvalue weighted by atomic mass is 10.0. The molecule has 0 saturated heterocycles. The number of pyridine rings is 1. The lowest BCUT2D eigenvalue weighted by molar-refractivity contribution is -0.136. The fraction of sp³-hybridized carbons (Fsp3) is 0.136. The zero-order chi connectivity index (χ0) is 20.2. The molecule has 0 radical (unpaired) electrons. The molecule has 0 atom stereocenters. The van der Waals surface area contributed by atoms with Crippen molar-refractivity contribution in [2.24, 2.45) is 0 Å². The topological polar surface area (TPSA) is 44.4 Å². The summed E-state index contributed by atoms with van der Waals surface area (Å²) in [6.07, 6.45) is -1.53. The Hall–Kier alpha value is -3.48. The second-order valence-electron chi connectivity index (χ2n) is 6.86. The molecule has 3 heterocycles. The van der Waals surface area contributed by atoms with Gasteiger partial charge in [-0.05, 0) is 30.3 Å². The van der Waals surface area contributed by atoms with Gasteiger partial charge >= 0.3 is 6.18 Å². The van der Waals surface area contributed by atoms with Crippen LogP contribution in [0.2, 0.25) is 0 Å². The molecule has 0 aliphatic carbocycles. The van der Waals surface area contributed by atoms with Crippen molar-refractivity contribution in [1.82, 2.24) is 4.57 Å². The number of fused-ring (bicyclic) bond motifs is 2. The molecule has 29 heavy (non-hydrogen) atoms. The van der Waals surface area contributed by atoms with Gasteiger partial charge in [-0.1, -0.05) is 18.2 Å². The molecule has 0 saturated carbocycles. The summed E-state index contributed by atoms with van der Waals surface area (Å²) in [5, 5.41) is -0.393. The Morgan fingerprint density at radius 2 is 1.86 bits per heavy atom. The molecule has 2 aromatic heterocycles. The first-order valence-electron chi connectivity index (χ1n) is 8.95. The smallest absolute Gasteiger partial charge is 0.417 e. The Morgan fingerprint density at radius 3 is 2.62 bits per heavy atom. The maximum atomic E-state index is 13.8. The Morgan fingerprint density at radius 1 is 1.03 bits per heavy atom. The van der Waals surface area contributed by atoms with Crippen LogP contribution < -0.4 is 10.2 Å². The van der Waals surface area contributed by atoms with Crippen molar-refractivity contribution in [2.75, 3.05) is 0 Å². The molecule has 0 N–H and O–H groups in total. The highest BCUT2D eigenvalue weighted by atomic mass is 19.4. The van der Waals surface area contributed by atoms with E-state index in [4.69, 9.17) is 9.15 Å². The number of alkyl halides is 3. The average molecular weight is 397 g/mol. The summed E-state index contributed by atoms with van der Waals surface area (Å²) >= 11 is 0. The van der Waals surface area contributed by atoms with Gasteiger partial charge in [0.1, 0.15) is 18.1 Å². The first kappa shape index (κ1) is 17.6. The minimum atomic E-state index is -4.68. The van der Waals surface area contributed by atoms with E-state index in [1.165, 1.54) is 12.3 Å². The number of hydrogen-bond acceptors (Lipinski definition) is 3. The van der Waals surface area contributed by atoms with Crippen LogP contribution in [0.5, 0.6) is 5.75 Å². The van der Waals surface area contributed by atoms with Crippen LogP contribution in [0, 0.1) is 0 Å². The quantitative estimate of drug-likeness (QED) is 0.474. The van der Waals surface area contributed by atoms with E-state index in [1.54, 1.807) is 35.0 Å². The van der Waals surface area contributed by atoms with Gasteiger partial charge in [-0.25, -0.2) is 0 Å². The Bertz CT molecular complexity index is 1290. The maximum Gasteiger partial charge on any atom is 0.417 e. The fourth-order valence-corrected chi connectivity index (χ4v) is 3.77. The zero-order valence-corrected chi connectivity index (χ0v) is 15.0. The van der Waals surface area contributed by atoms with Crippen LogP contribution in [0.3, 0.4) is 0 Å². The molecule has 2 aromatic carbocycles. The monoisotopic (exact) mass is 397 g/mol. The number of furan rings is 1. The van der Waals surface area contributed by atoms with Gasteiger partial charge in [0.05, 0.1) is 28.4 Å². The molecule has 5 rings (SSSR count). The lowest BCUT2D eigenvalue weighted by Crippen LogP contribution is -2.19. The maximum absolute atomic E-state index is 13.8. The van der Waals surface area contributed by atoms with Crippen molar-refractivity contribution in [1.29, 1.82) is 0 Å². The number of para-hydroxylation sites is 1. The van der Waals surface area contributed by atoms with Gasteiger partial charge < -0.3 is 13.7 Å². The highest BCUT2D eigenvalue weighted by molar-refractivity contribution is 5.91. The molecule has 4 aromatic rings. The standard InChI is InChI=1S/C22H14F3NO3/c23-22(24,25)16-7-8-18-20-19(16)21(27)14(10-15-5-3-9-28-15)11-26(20)17-6-2-1-4-13(17)12-29-18/h1-9,11H,10,12H2. The summed E-state index contributed by atoms with van der Waals surface area (Å²) in [7, 11) is 0. The molecule has 1 aliphatic rings. The Labute approximate surface area is 162 Å².